The zero-order valence-electron chi connectivity index (χ0n) is 10.8. The molecular weight excluding hydrogens is 244 g/mol. The highest BCUT2D eigenvalue weighted by molar-refractivity contribution is 5.86. The molecule has 19 heavy (non-hydrogen) atoms. The predicted octanol–water partition coefficient (Wildman–Crippen LogP) is 2.00. The highest BCUT2D eigenvalue weighted by Crippen LogP contribution is 2.29. The van der Waals surface area contributed by atoms with E-state index in [0.29, 0.717) is 35.4 Å². The smallest absolute Gasteiger partial charge is 0.251 e. The number of ether oxygens (including phenoxy) is 2. The normalized spacial score (nSPS) is 10.2. The summed E-state index contributed by atoms with van der Waals surface area (Å²) in [5.41, 5.74) is 1.03. The van der Waals surface area contributed by atoms with Crippen molar-refractivity contribution >= 4 is 10.9 Å². The van der Waals surface area contributed by atoms with Crippen LogP contribution in [0, 0.1) is 11.3 Å². The maximum atomic E-state index is 11.9. The Balaban J connectivity index is 2.64. The van der Waals surface area contributed by atoms with E-state index in [1.165, 1.54) is 7.11 Å². The number of fused-ring (bicyclic) bond motifs is 1. The average molecular weight is 258 g/mol. The molecule has 0 spiro atoms. The van der Waals surface area contributed by atoms with Crippen molar-refractivity contribution in [2.45, 2.75) is 12.8 Å². The molecular formula is C14H14N2O3. The van der Waals surface area contributed by atoms with Gasteiger partial charge in [0.15, 0.2) is 0 Å². The van der Waals surface area contributed by atoms with Crippen LogP contribution in [0.3, 0.4) is 0 Å². The van der Waals surface area contributed by atoms with Crippen molar-refractivity contribution < 1.29 is 9.47 Å². The Bertz CT molecular complexity index is 698. The van der Waals surface area contributed by atoms with Gasteiger partial charge in [-0.3, -0.25) is 4.79 Å². The lowest BCUT2D eigenvalue weighted by molar-refractivity contribution is 0.397. The molecule has 0 saturated carbocycles. The number of pyridine rings is 1. The van der Waals surface area contributed by atoms with Crippen molar-refractivity contribution in [1.82, 2.24) is 4.98 Å². The van der Waals surface area contributed by atoms with Crippen LogP contribution in [0.4, 0.5) is 0 Å². The zero-order chi connectivity index (χ0) is 13.8. The topological polar surface area (TPSA) is 75.1 Å². The molecule has 1 N–H and O–H groups in total. The van der Waals surface area contributed by atoms with Crippen molar-refractivity contribution in [3.8, 4) is 17.6 Å². The van der Waals surface area contributed by atoms with E-state index in [1.807, 2.05) is 12.1 Å². The van der Waals surface area contributed by atoms with Crippen LogP contribution >= 0.6 is 0 Å². The summed E-state index contributed by atoms with van der Waals surface area (Å²) < 4.78 is 10.4. The first kappa shape index (κ1) is 13.0. The van der Waals surface area contributed by atoms with Crippen molar-refractivity contribution in [1.29, 1.82) is 5.26 Å². The molecule has 1 aromatic carbocycles. The fraction of sp³-hybridized carbons (Fsp3) is 0.286. The van der Waals surface area contributed by atoms with Gasteiger partial charge in [0.2, 0.25) is 0 Å². The summed E-state index contributed by atoms with van der Waals surface area (Å²) in [4.78, 5) is 14.7. The highest BCUT2D eigenvalue weighted by Gasteiger charge is 2.09. The number of rotatable bonds is 4. The first-order chi connectivity index (χ1) is 9.19. The Hall–Kier alpha value is -2.48. The number of methoxy groups -OCH3 is 2. The maximum Gasteiger partial charge on any atom is 0.251 e. The Morgan fingerprint density at radius 1 is 1.26 bits per heavy atom. The Morgan fingerprint density at radius 2 is 2.05 bits per heavy atom. The number of H-pyrrole nitrogens is 1. The number of hydrogen-bond donors (Lipinski definition) is 1. The summed E-state index contributed by atoms with van der Waals surface area (Å²) in [6.07, 6.45) is 0.747. The number of aryl methyl sites for hydroxylation is 1. The molecule has 2 aromatic rings. The van der Waals surface area contributed by atoms with Crippen LogP contribution < -0.4 is 15.0 Å². The molecule has 0 saturated heterocycles. The second-order valence-electron chi connectivity index (χ2n) is 4.08. The van der Waals surface area contributed by atoms with Crippen LogP contribution in [0.25, 0.3) is 10.9 Å². The minimum atomic E-state index is -0.189. The van der Waals surface area contributed by atoms with Crippen LogP contribution in [-0.4, -0.2) is 19.2 Å². The van der Waals surface area contributed by atoms with E-state index in [2.05, 4.69) is 4.98 Å². The number of aromatic nitrogens is 1. The molecule has 0 radical (unpaired) electrons. The van der Waals surface area contributed by atoms with Crippen LogP contribution in [0.5, 0.6) is 11.5 Å². The van der Waals surface area contributed by atoms with E-state index < -0.39 is 0 Å². The zero-order valence-corrected chi connectivity index (χ0v) is 10.8. The van der Waals surface area contributed by atoms with E-state index in [9.17, 15) is 4.79 Å². The first-order valence-corrected chi connectivity index (χ1v) is 5.84. The molecule has 0 aliphatic heterocycles. The highest BCUT2D eigenvalue weighted by atomic mass is 16.5. The number of benzene rings is 1. The van der Waals surface area contributed by atoms with E-state index in [4.69, 9.17) is 14.7 Å². The van der Waals surface area contributed by atoms with Crippen molar-refractivity contribution in [3.63, 3.8) is 0 Å². The van der Waals surface area contributed by atoms with Gasteiger partial charge in [-0.25, -0.2) is 0 Å². The fourth-order valence-corrected chi connectivity index (χ4v) is 1.96. The van der Waals surface area contributed by atoms with Crippen LogP contribution in [0.2, 0.25) is 0 Å². The number of nitriles is 1. The van der Waals surface area contributed by atoms with Gasteiger partial charge in [-0.2, -0.15) is 5.26 Å². The second-order valence-corrected chi connectivity index (χ2v) is 4.08. The lowest BCUT2D eigenvalue weighted by Gasteiger charge is -2.09. The van der Waals surface area contributed by atoms with Gasteiger partial charge in [0.1, 0.15) is 11.5 Å². The summed E-state index contributed by atoms with van der Waals surface area (Å²) in [6.45, 7) is 0. The standard InChI is InChI=1S/C14H14N2O3/c1-18-11-7-10-6-9(4-3-5-15)14(17)16-13(10)12(8-11)19-2/h6-8H,3-4H2,1-2H3,(H,16,17). The third-order valence-electron chi connectivity index (χ3n) is 2.93. The quantitative estimate of drug-likeness (QED) is 0.910. The Kier molecular flexibility index (Phi) is 3.71. The Labute approximate surface area is 110 Å². The van der Waals surface area contributed by atoms with Crippen LogP contribution in [-0.2, 0) is 6.42 Å². The van der Waals surface area contributed by atoms with Gasteiger partial charge in [-0.15, -0.1) is 0 Å². The largest absolute Gasteiger partial charge is 0.497 e. The van der Waals surface area contributed by atoms with Gasteiger partial charge in [-0.1, -0.05) is 0 Å². The third-order valence-corrected chi connectivity index (χ3v) is 2.93. The molecule has 0 aliphatic rings. The number of nitrogens with one attached hydrogen (secondary N) is 1. The van der Waals surface area contributed by atoms with Gasteiger partial charge in [0.25, 0.3) is 5.56 Å². The SMILES string of the molecule is COc1cc(OC)c2[nH]c(=O)c(CCC#N)cc2c1. The maximum absolute atomic E-state index is 11.9. The van der Waals surface area contributed by atoms with E-state index >= 15 is 0 Å². The molecule has 0 fully saturated rings. The van der Waals surface area contributed by atoms with Gasteiger partial charge in [0.05, 0.1) is 25.8 Å². The molecule has 0 bridgehead atoms. The van der Waals surface area contributed by atoms with E-state index in [0.717, 1.165) is 5.39 Å². The molecule has 0 amide bonds. The number of aromatic amines is 1. The summed E-state index contributed by atoms with van der Waals surface area (Å²) in [6, 6.07) is 7.35. The van der Waals surface area contributed by atoms with Gasteiger partial charge < -0.3 is 14.5 Å². The third kappa shape index (κ3) is 2.52. The monoisotopic (exact) mass is 258 g/mol. The molecule has 5 heteroatoms. The minimum Gasteiger partial charge on any atom is -0.497 e. The summed E-state index contributed by atoms with van der Waals surface area (Å²) >= 11 is 0. The van der Waals surface area contributed by atoms with Crippen molar-refractivity contribution in [2.75, 3.05) is 14.2 Å². The lowest BCUT2D eigenvalue weighted by Crippen LogP contribution is -2.12. The van der Waals surface area contributed by atoms with E-state index in [1.54, 1.807) is 19.2 Å². The molecule has 1 heterocycles. The van der Waals surface area contributed by atoms with Crippen molar-refractivity contribution in [3.05, 3.63) is 34.1 Å². The van der Waals surface area contributed by atoms with Gasteiger partial charge in [0, 0.05) is 23.4 Å². The molecule has 1 aromatic heterocycles. The molecule has 98 valence electrons. The van der Waals surface area contributed by atoms with Crippen LogP contribution in [0.1, 0.15) is 12.0 Å². The minimum absolute atomic E-state index is 0.189. The molecule has 5 nitrogen and oxygen atoms in total. The van der Waals surface area contributed by atoms with Gasteiger partial charge in [-0.05, 0) is 18.6 Å². The number of hydrogen-bond acceptors (Lipinski definition) is 4. The summed E-state index contributed by atoms with van der Waals surface area (Å²) in [7, 11) is 3.11. The predicted molar refractivity (Wildman–Crippen MR) is 71.6 cm³/mol. The first-order valence-electron chi connectivity index (χ1n) is 5.84. The Morgan fingerprint density at radius 3 is 2.68 bits per heavy atom. The molecule has 2 rings (SSSR count). The molecule has 0 unspecified atom stereocenters. The average Bonchev–Trinajstić information content (AvgIpc) is 2.44. The van der Waals surface area contributed by atoms with Gasteiger partial charge >= 0.3 is 0 Å². The summed E-state index contributed by atoms with van der Waals surface area (Å²) in [5, 5.41) is 9.42. The second kappa shape index (κ2) is 5.44. The molecule has 0 atom stereocenters. The van der Waals surface area contributed by atoms with Crippen LogP contribution in [0.15, 0.2) is 23.0 Å². The van der Waals surface area contributed by atoms with E-state index in [-0.39, 0.29) is 5.56 Å². The summed E-state index contributed by atoms with van der Waals surface area (Å²) in [5.74, 6) is 1.21. The number of nitrogens with zero attached hydrogens (tertiary/aromatic N) is 1. The van der Waals surface area contributed by atoms with Crippen molar-refractivity contribution in [2.24, 2.45) is 0 Å². The fourth-order valence-electron chi connectivity index (χ4n) is 1.96. The lowest BCUT2D eigenvalue weighted by atomic mass is 10.1. The molecule has 0 aliphatic carbocycles.